The molecule has 9 nitrogen and oxygen atoms in total. The van der Waals surface area contributed by atoms with Gasteiger partial charge in [-0.3, -0.25) is 0 Å². The van der Waals surface area contributed by atoms with Crippen LogP contribution in [-0.4, -0.2) is 76.2 Å². The first-order valence-corrected chi connectivity index (χ1v) is 20.9. The molecule has 6 atom stereocenters. The van der Waals surface area contributed by atoms with Crippen LogP contribution in [0.3, 0.4) is 0 Å². The minimum Gasteiger partial charge on any atom is -0.508 e. The van der Waals surface area contributed by atoms with Crippen molar-refractivity contribution in [3.63, 3.8) is 0 Å². The van der Waals surface area contributed by atoms with Gasteiger partial charge >= 0.3 is 0 Å². The van der Waals surface area contributed by atoms with Crippen molar-refractivity contribution in [1.29, 1.82) is 0 Å². The summed E-state index contributed by atoms with van der Waals surface area (Å²) in [7, 11) is 5.06. The zero-order valence-corrected chi connectivity index (χ0v) is 31.0. The largest absolute Gasteiger partial charge is 0.508 e. The number of hydrogen-bond acceptors (Lipinski definition) is 11. The second kappa shape index (κ2) is 16.0. The molecule has 7 rings (SSSR count). The van der Waals surface area contributed by atoms with Crippen LogP contribution in [0.25, 0.3) is 11.1 Å². The van der Waals surface area contributed by atoms with Gasteiger partial charge in [0.15, 0.2) is 17.6 Å². The van der Waals surface area contributed by atoms with Gasteiger partial charge in [-0.25, -0.2) is 0 Å². The summed E-state index contributed by atoms with van der Waals surface area (Å²) in [4.78, 5) is 0. The third-order valence-electron chi connectivity index (χ3n) is 11.2. The fraction of sp³-hybridized carbons (Fsp3) is 0.550. The van der Waals surface area contributed by atoms with E-state index < -0.39 is 12.2 Å². The van der Waals surface area contributed by atoms with Gasteiger partial charge in [0.2, 0.25) is 5.75 Å². The van der Waals surface area contributed by atoms with Gasteiger partial charge in [-0.1, -0.05) is 47.4 Å². The van der Waals surface area contributed by atoms with Crippen molar-refractivity contribution in [2.24, 2.45) is 5.92 Å². The Labute approximate surface area is 308 Å². The molecule has 2 aliphatic carbocycles. The summed E-state index contributed by atoms with van der Waals surface area (Å²) in [6, 6.07) is 10.8. The lowest BCUT2D eigenvalue weighted by Gasteiger charge is -2.43. The van der Waals surface area contributed by atoms with Crippen molar-refractivity contribution in [1.82, 2.24) is 0 Å². The number of hydrogen-bond donors (Lipinski definition) is 5. The lowest BCUT2D eigenvalue weighted by atomic mass is 9.66. The van der Waals surface area contributed by atoms with Crippen LogP contribution in [0.4, 0.5) is 0 Å². The van der Waals surface area contributed by atoms with E-state index in [-0.39, 0.29) is 60.9 Å². The number of aliphatic hydroxyl groups excluding tert-OH is 3. The second-order valence-corrected chi connectivity index (χ2v) is 17.1. The van der Waals surface area contributed by atoms with Crippen molar-refractivity contribution < 1.29 is 44.5 Å². The molecule has 0 unspecified atom stereocenters. The van der Waals surface area contributed by atoms with Crippen LogP contribution in [0.5, 0.6) is 34.5 Å². The van der Waals surface area contributed by atoms with Gasteiger partial charge in [0.25, 0.3) is 0 Å². The summed E-state index contributed by atoms with van der Waals surface area (Å²) in [5.74, 6) is 2.98. The van der Waals surface area contributed by atoms with Crippen LogP contribution in [0.2, 0.25) is 0 Å². The van der Waals surface area contributed by atoms with Crippen LogP contribution in [-0.2, 0) is 0 Å². The maximum absolute atomic E-state index is 12.5. The highest BCUT2D eigenvalue weighted by atomic mass is 33.1. The highest BCUT2D eigenvalue weighted by molar-refractivity contribution is 8.76. The maximum Gasteiger partial charge on any atom is 0.200 e. The predicted octanol–water partition coefficient (Wildman–Crippen LogP) is 7.81. The van der Waals surface area contributed by atoms with Gasteiger partial charge in [0.05, 0.1) is 26.4 Å². The number of rotatable bonds is 8. The lowest BCUT2D eigenvalue weighted by molar-refractivity contribution is 0.00373. The van der Waals surface area contributed by atoms with E-state index in [1.54, 1.807) is 29.0 Å². The molecule has 2 bridgehead atoms. The molecule has 3 aromatic rings. The Morgan fingerprint density at radius 1 is 0.863 bits per heavy atom. The molecular formula is C40H50O9S2. The van der Waals surface area contributed by atoms with Crippen LogP contribution < -0.4 is 18.9 Å². The summed E-state index contributed by atoms with van der Waals surface area (Å²) in [6.07, 6.45) is 6.17. The van der Waals surface area contributed by atoms with E-state index in [1.165, 1.54) is 13.5 Å². The third kappa shape index (κ3) is 7.21. The van der Waals surface area contributed by atoms with E-state index in [4.69, 9.17) is 18.9 Å². The molecular weight excluding hydrogens is 689 g/mol. The number of benzene rings is 3. The van der Waals surface area contributed by atoms with Crippen molar-refractivity contribution in [3.8, 4) is 45.6 Å². The quantitative estimate of drug-likeness (QED) is 0.145. The molecule has 0 saturated heterocycles. The highest BCUT2D eigenvalue weighted by Gasteiger charge is 2.46. The van der Waals surface area contributed by atoms with E-state index in [2.05, 4.69) is 6.92 Å². The topological polar surface area (TPSA) is 138 Å². The van der Waals surface area contributed by atoms with E-state index in [1.807, 2.05) is 29.0 Å². The molecule has 0 spiro atoms. The number of phenolic OH excluding ortho intramolecular Hbond substituents is 2. The standard InChI is InChI=1S/C40H50O9S2/c1-22-8-10-26-28-18-24(43)9-11-27(28)35-31(47-14-13-41)19-32-36(37(35)29(26)20-42)30(21-51-50-15-12-22)38(44)40(49-32)23-16-33(46-2)39(45)34(17-23)48-25-6-4-3-5-7-25/h9,11,16-19,22,25-26,29-30,38,40-45H,3-8,10,12-15,20-21H2,1-2H3/t22-,26-,29+,30-,38-,40+/m1/s1. The Morgan fingerprint density at radius 3 is 2.43 bits per heavy atom. The molecule has 11 heteroatoms. The Balaban J connectivity index is 1.41. The van der Waals surface area contributed by atoms with Crippen molar-refractivity contribution in [2.75, 3.05) is 38.4 Å². The van der Waals surface area contributed by atoms with Crippen molar-refractivity contribution in [3.05, 3.63) is 58.7 Å². The molecule has 4 aliphatic rings. The number of fused-ring (bicyclic) bond motifs is 4. The molecule has 2 heterocycles. The van der Waals surface area contributed by atoms with E-state index >= 15 is 0 Å². The van der Waals surface area contributed by atoms with Gasteiger partial charge < -0.3 is 44.5 Å². The molecule has 0 aromatic heterocycles. The zero-order chi connectivity index (χ0) is 35.6. The number of phenols is 2. The number of aliphatic hydroxyl groups is 3. The van der Waals surface area contributed by atoms with Gasteiger partial charge in [-0.2, -0.15) is 0 Å². The average molecular weight is 739 g/mol. The fourth-order valence-electron chi connectivity index (χ4n) is 8.61. The lowest BCUT2D eigenvalue weighted by Crippen LogP contribution is -2.37. The molecule has 5 N–H and O–H groups in total. The number of ether oxygens (including phenoxy) is 4. The molecule has 2 aliphatic heterocycles. The van der Waals surface area contributed by atoms with E-state index in [0.717, 1.165) is 78.5 Å². The fourth-order valence-corrected chi connectivity index (χ4v) is 11.2. The third-order valence-corrected chi connectivity index (χ3v) is 13.7. The molecule has 0 amide bonds. The Hall–Kier alpha value is -2.96. The Kier molecular flexibility index (Phi) is 11.4. The normalized spacial score (nSPS) is 26.5. The number of methoxy groups -OCH3 is 1. The Bertz CT molecular complexity index is 1690. The molecule has 0 radical (unpaired) electrons. The van der Waals surface area contributed by atoms with Gasteiger partial charge in [0.1, 0.15) is 30.0 Å². The summed E-state index contributed by atoms with van der Waals surface area (Å²) >= 11 is 0. The zero-order valence-electron chi connectivity index (χ0n) is 29.4. The second-order valence-electron chi connectivity index (χ2n) is 14.5. The van der Waals surface area contributed by atoms with Crippen LogP contribution >= 0.6 is 21.6 Å². The van der Waals surface area contributed by atoms with E-state index in [0.29, 0.717) is 34.5 Å². The smallest absolute Gasteiger partial charge is 0.200 e. The van der Waals surface area contributed by atoms with Crippen LogP contribution in [0.15, 0.2) is 36.4 Å². The first-order valence-electron chi connectivity index (χ1n) is 18.4. The molecule has 3 aromatic carbocycles. The summed E-state index contributed by atoms with van der Waals surface area (Å²) < 4.78 is 25.1. The summed E-state index contributed by atoms with van der Waals surface area (Å²) in [5.41, 5.74) is 5.07. The minimum atomic E-state index is -0.987. The van der Waals surface area contributed by atoms with E-state index in [9.17, 15) is 25.5 Å². The van der Waals surface area contributed by atoms with Crippen LogP contribution in [0.1, 0.15) is 104 Å². The summed E-state index contributed by atoms with van der Waals surface area (Å²) in [5, 5.41) is 55.4. The Morgan fingerprint density at radius 2 is 1.67 bits per heavy atom. The first kappa shape index (κ1) is 36.4. The molecule has 51 heavy (non-hydrogen) atoms. The minimum absolute atomic E-state index is 0.0139. The molecule has 1 fully saturated rings. The number of aromatic hydroxyl groups is 2. The van der Waals surface area contributed by atoms with Crippen molar-refractivity contribution in [2.45, 2.75) is 94.4 Å². The monoisotopic (exact) mass is 738 g/mol. The summed E-state index contributed by atoms with van der Waals surface area (Å²) in [6.45, 7) is 2.01. The van der Waals surface area contributed by atoms with Crippen molar-refractivity contribution >= 4 is 21.6 Å². The average Bonchev–Trinajstić information content (AvgIpc) is 3.14. The van der Waals surface area contributed by atoms with Gasteiger partial charge in [0, 0.05) is 46.1 Å². The maximum atomic E-state index is 12.5. The molecule has 1 saturated carbocycles. The SMILES string of the molecule is COc1cc([C@@H]2Oc3cc(OCCO)c4c5c3[C@@H](CSSCC[C@H](C)CC[C@H](c3cc(O)ccc3-4)[C@@H]5CO)[C@H]2O)cc(OC2CCCCC2)c1O. The van der Waals surface area contributed by atoms with Gasteiger partial charge in [-0.15, -0.1) is 0 Å². The van der Waals surface area contributed by atoms with Gasteiger partial charge in [-0.05, 0) is 91.3 Å². The van der Waals surface area contributed by atoms with Crippen LogP contribution in [0, 0.1) is 5.92 Å². The highest BCUT2D eigenvalue weighted by Crippen LogP contribution is 2.60. The molecule has 276 valence electrons. The first-order chi connectivity index (χ1) is 24.8. The predicted molar refractivity (Wildman–Crippen MR) is 201 cm³/mol.